The molecule has 1 aromatic carbocycles. The van der Waals surface area contributed by atoms with Gasteiger partial charge in [-0.25, -0.2) is 8.42 Å². The van der Waals surface area contributed by atoms with Gasteiger partial charge in [0.2, 0.25) is 0 Å². The third-order valence-corrected chi connectivity index (χ3v) is 5.24. The molecule has 0 bridgehead atoms. The van der Waals surface area contributed by atoms with Crippen LogP contribution in [0.5, 0.6) is 5.75 Å². The lowest BCUT2D eigenvalue weighted by Gasteiger charge is -2.13. The zero-order valence-electron chi connectivity index (χ0n) is 12.0. The Morgan fingerprint density at radius 2 is 1.89 bits per heavy atom. The lowest BCUT2D eigenvalue weighted by molar-refractivity contribution is 0.338. The van der Waals surface area contributed by atoms with E-state index in [0.717, 1.165) is 11.1 Å². The maximum absolute atomic E-state index is 11.7. The molecule has 1 rings (SSSR count). The van der Waals surface area contributed by atoms with Crippen LogP contribution in [-0.2, 0) is 9.84 Å². The average Bonchev–Trinajstić information content (AvgIpc) is 2.30. The van der Waals surface area contributed by atoms with Gasteiger partial charge in [-0.05, 0) is 44.9 Å². The Labute approximate surface area is 115 Å². The summed E-state index contributed by atoms with van der Waals surface area (Å²) in [5.41, 5.74) is 7.81. The standard InChI is InChI=1S/C14H23NO3S/c1-10(2)19(16,17)8-7-18-14-6-5-13(12(4)15)9-11(14)3/h5-6,9-10,12H,7-8,15H2,1-4H3/t12-/m1/s1. The summed E-state index contributed by atoms with van der Waals surface area (Å²) in [6, 6.07) is 5.70. The molecule has 0 aliphatic rings. The van der Waals surface area contributed by atoms with E-state index in [1.807, 2.05) is 32.0 Å². The van der Waals surface area contributed by atoms with Gasteiger partial charge in [0.25, 0.3) is 0 Å². The minimum Gasteiger partial charge on any atom is -0.492 e. The van der Waals surface area contributed by atoms with E-state index in [9.17, 15) is 8.42 Å². The summed E-state index contributed by atoms with van der Waals surface area (Å²) in [6.07, 6.45) is 0. The zero-order chi connectivity index (χ0) is 14.6. The van der Waals surface area contributed by atoms with Gasteiger partial charge < -0.3 is 10.5 Å². The van der Waals surface area contributed by atoms with E-state index in [1.165, 1.54) is 0 Å². The van der Waals surface area contributed by atoms with Gasteiger partial charge in [-0.2, -0.15) is 0 Å². The molecule has 0 unspecified atom stereocenters. The first-order valence-electron chi connectivity index (χ1n) is 6.44. The normalized spacial score (nSPS) is 13.6. The largest absolute Gasteiger partial charge is 0.492 e. The molecular formula is C14H23NO3S. The third kappa shape index (κ3) is 4.51. The Balaban J connectivity index is 2.65. The number of nitrogens with two attached hydrogens (primary N) is 1. The molecule has 0 amide bonds. The molecule has 0 aliphatic carbocycles. The van der Waals surface area contributed by atoms with Crippen molar-refractivity contribution in [2.45, 2.75) is 39.0 Å². The highest BCUT2D eigenvalue weighted by Crippen LogP contribution is 2.21. The Hall–Kier alpha value is -1.07. The number of aryl methyl sites for hydroxylation is 1. The number of hydrogen-bond acceptors (Lipinski definition) is 4. The fourth-order valence-electron chi connectivity index (χ4n) is 1.62. The first-order valence-corrected chi connectivity index (χ1v) is 8.16. The molecule has 1 aromatic rings. The quantitative estimate of drug-likeness (QED) is 0.870. The molecule has 0 radical (unpaired) electrons. The van der Waals surface area contributed by atoms with E-state index in [1.54, 1.807) is 13.8 Å². The van der Waals surface area contributed by atoms with Crippen LogP contribution in [-0.4, -0.2) is 26.0 Å². The predicted octanol–water partition coefficient (Wildman–Crippen LogP) is 2.22. The van der Waals surface area contributed by atoms with Crippen LogP contribution < -0.4 is 10.5 Å². The van der Waals surface area contributed by atoms with Crippen LogP contribution in [0.2, 0.25) is 0 Å². The van der Waals surface area contributed by atoms with Crippen molar-refractivity contribution in [2.75, 3.05) is 12.4 Å². The van der Waals surface area contributed by atoms with Crippen molar-refractivity contribution >= 4 is 9.84 Å². The van der Waals surface area contributed by atoms with E-state index in [2.05, 4.69) is 0 Å². The molecule has 108 valence electrons. The minimum atomic E-state index is -3.05. The van der Waals surface area contributed by atoms with Crippen LogP contribution in [0, 0.1) is 6.92 Å². The zero-order valence-corrected chi connectivity index (χ0v) is 12.8. The van der Waals surface area contributed by atoms with Crippen molar-refractivity contribution in [3.63, 3.8) is 0 Å². The van der Waals surface area contributed by atoms with Crippen LogP contribution in [0.3, 0.4) is 0 Å². The highest BCUT2D eigenvalue weighted by molar-refractivity contribution is 7.91. The molecule has 0 aliphatic heterocycles. The van der Waals surface area contributed by atoms with Gasteiger partial charge in [-0.15, -0.1) is 0 Å². The first-order chi connectivity index (χ1) is 8.74. The lowest BCUT2D eigenvalue weighted by Crippen LogP contribution is -2.22. The molecule has 5 heteroatoms. The van der Waals surface area contributed by atoms with Crippen LogP contribution in [0.4, 0.5) is 0 Å². The predicted molar refractivity (Wildman–Crippen MR) is 78.2 cm³/mol. The number of rotatable bonds is 6. The highest BCUT2D eigenvalue weighted by atomic mass is 32.2. The Bertz CT molecular complexity index is 521. The minimum absolute atomic E-state index is 0.0194. The third-order valence-electron chi connectivity index (χ3n) is 3.07. The van der Waals surface area contributed by atoms with Gasteiger partial charge in [0.05, 0.1) is 11.0 Å². The second-order valence-electron chi connectivity index (χ2n) is 5.08. The fraction of sp³-hybridized carbons (Fsp3) is 0.571. The average molecular weight is 285 g/mol. The molecule has 19 heavy (non-hydrogen) atoms. The Morgan fingerprint density at radius 1 is 1.26 bits per heavy atom. The summed E-state index contributed by atoms with van der Waals surface area (Å²) in [4.78, 5) is 0. The second kappa shape index (κ2) is 6.39. The molecule has 0 aromatic heterocycles. The highest BCUT2D eigenvalue weighted by Gasteiger charge is 2.16. The Kier molecular flexibility index (Phi) is 5.38. The van der Waals surface area contributed by atoms with Crippen LogP contribution in [0.1, 0.15) is 37.9 Å². The smallest absolute Gasteiger partial charge is 0.155 e. The number of benzene rings is 1. The molecule has 0 saturated heterocycles. The van der Waals surface area contributed by atoms with Gasteiger partial charge in [0.1, 0.15) is 12.4 Å². The van der Waals surface area contributed by atoms with E-state index in [-0.39, 0.29) is 23.7 Å². The number of ether oxygens (including phenoxy) is 1. The molecular weight excluding hydrogens is 262 g/mol. The summed E-state index contributed by atoms with van der Waals surface area (Å²) >= 11 is 0. The lowest BCUT2D eigenvalue weighted by atomic mass is 10.1. The van der Waals surface area contributed by atoms with Crippen molar-refractivity contribution < 1.29 is 13.2 Å². The van der Waals surface area contributed by atoms with Crippen molar-refractivity contribution in [1.29, 1.82) is 0 Å². The summed E-state index contributed by atoms with van der Waals surface area (Å²) in [6.45, 7) is 7.39. The summed E-state index contributed by atoms with van der Waals surface area (Å²) in [7, 11) is -3.05. The van der Waals surface area contributed by atoms with Crippen LogP contribution >= 0.6 is 0 Å². The second-order valence-corrected chi connectivity index (χ2v) is 7.75. The SMILES string of the molecule is Cc1cc([C@@H](C)N)ccc1OCCS(=O)(=O)C(C)C. The van der Waals surface area contributed by atoms with Gasteiger partial charge in [-0.3, -0.25) is 0 Å². The molecule has 1 atom stereocenters. The van der Waals surface area contributed by atoms with Crippen molar-refractivity contribution in [2.24, 2.45) is 5.73 Å². The maximum Gasteiger partial charge on any atom is 0.155 e. The molecule has 0 spiro atoms. The summed E-state index contributed by atoms with van der Waals surface area (Å²) in [5, 5.41) is -0.363. The van der Waals surface area contributed by atoms with Gasteiger partial charge in [-0.1, -0.05) is 12.1 Å². The molecule has 0 heterocycles. The van der Waals surface area contributed by atoms with Crippen molar-refractivity contribution in [1.82, 2.24) is 0 Å². The molecule has 4 nitrogen and oxygen atoms in total. The topological polar surface area (TPSA) is 69.4 Å². The monoisotopic (exact) mass is 285 g/mol. The molecule has 0 fully saturated rings. The number of hydrogen-bond donors (Lipinski definition) is 1. The maximum atomic E-state index is 11.7. The summed E-state index contributed by atoms with van der Waals surface area (Å²) < 4.78 is 28.8. The summed E-state index contributed by atoms with van der Waals surface area (Å²) in [5.74, 6) is 0.752. The van der Waals surface area contributed by atoms with Gasteiger partial charge in [0.15, 0.2) is 9.84 Å². The van der Waals surface area contributed by atoms with Gasteiger partial charge in [0, 0.05) is 6.04 Å². The fourth-order valence-corrected chi connectivity index (χ4v) is 2.41. The van der Waals surface area contributed by atoms with E-state index < -0.39 is 9.84 Å². The van der Waals surface area contributed by atoms with E-state index >= 15 is 0 Å². The van der Waals surface area contributed by atoms with E-state index in [4.69, 9.17) is 10.5 Å². The van der Waals surface area contributed by atoms with Crippen LogP contribution in [0.25, 0.3) is 0 Å². The molecule has 0 saturated carbocycles. The van der Waals surface area contributed by atoms with Crippen molar-refractivity contribution in [3.8, 4) is 5.75 Å². The molecule has 2 N–H and O–H groups in total. The van der Waals surface area contributed by atoms with E-state index in [0.29, 0.717) is 5.75 Å². The van der Waals surface area contributed by atoms with Crippen LogP contribution in [0.15, 0.2) is 18.2 Å². The van der Waals surface area contributed by atoms with Crippen molar-refractivity contribution in [3.05, 3.63) is 29.3 Å². The Morgan fingerprint density at radius 3 is 2.37 bits per heavy atom. The first kappa shape index (κ1) is 16.0. The number of sulfone groups is 1. The van der Waals surface area contributed by atoms with Gasteiger partial charge >= 0.3 is 0 Å².